The number of rotatable bonds is 10. The number of aromatic hydroxyl groups is 1. The molecule has 4 rings (SSSR count). The lowest BCUT2D eigenvalue weighted by molar-refractivity contribution is 0.416. The molecule has 0 aromatic heterocycles. The smallest absolute Gasteiger partial charge is 0.296 e. The van der Waals surface area contributed by atoms with Gasteiger partial charge in [0.25, 0.3) is 40.5 Å². The van der Waals surface area contributed by atoms with Crippen LogP contribution in [0.1, 0.15) is 5.56 Å². The zero-order valence-corrected chi connectivity index (χ0v) is 26.6. The van der Waals surface area contributed by atoms with Crippen LogP contribution in [-0.4, -0.2) is 64.1 Å². The van der Waals surface area contributed by atoms with Gasteiger partial charge in [0.2, 0.25) is 0 Å². The zero-order chi connectivity index (χ0) is 35.1. The van der Waals surface area contributed by atoms with Crippen molar-refractivity contribution in [3.63, 3.8) is 0 Å². The number of hydrogen-bond donors (Lipinski definition) is 6. The fraction of sp³-hybridized carbons (Fsp3) is 0.0833. The normalized spacial score (nSPS) is 13.1. The van der Waals surface area contributed by atoms with Gasteiger partial charge in [-0.05, 0) is 53.4 Å². The number of benzene rings is 4. The number of phenolic OH excluding ortho intramolecular Hbond substituents is 1. The Balaban J connectivity index is 1.86. The number of nitrogens with two attached hydrogens (primary N) is 1. The summed E-state index contributed by atoms with van der Waals surface area (Å²) in [6.45, 7) is -0.0213. The molecule has 47 heavy (non-hydrogen) atoms. The molecule has 0 amide bonds. The molecule has 0 fully saturated rings. The highest BCUT2D eigenvalue weighted by Gasteiger charge is 2.28. The van der Waals surface area contributed by atoms with Gasteiger partial charge in [-0.1, -0.05) is 6.07 Å². The average molecular weight is 732 g/mol. The summed E-state index contributed by atoms with van der Waals surface area (Å²) in [5.41, 5.74) is 4.50. The monoisotopic (exact) mass is 731 g/mol. The molecule has 4 aromatic carbocycles. The highest BCUT2D eigenvalue weighted by atomic mass is 32.2. The predicted octanol–water partition coefficient (Wildman–Crippen LogP) is 3.83. The molecule has 0 aliphatic rings. The van der Waals surface area contributed by atoms with Crippen LogP contribution in [0, 0.1) is 0 Å². The van der Waals surface area contributed by atoms with Crippen LogP contribution in [0.5, 0.6) is 11.5 Å². The summed E-state index contributed by atoms with van der Waals surface area (Å²) in [6, 6.07) is 8.89. The minimum absolute atomic E-state index is 0.0213. The third kappa shape index (κ3) is 7.75. The Morgan fingerprint density at radius 1 is 0.660 bits per heavy atom. The number of hydrogen-bond acceptors (Lipinski definition) is 15. The second-order valence-electron chi connectivity index (χ2n) is 9.25. The Labute approximate surface area is 266 Å². The molecule has 0 bridgehead atoms. The van der Waals surface area contributed by atoms with Gasteiger partial charge in [0, 0.05) is 18.0 Å². The van der Waals surface area contributed by atoms with E-state index in [4.69, 9.17) is 10.5 Å². The second-order valence-corrected chi connectivity index (χ2v) is 14.8. The van der Waals surface area contributed by atoms with Crippen molar-refractivity contribution in [3.8, 4) is 11.5 Å². The maximum absolute atomic E-state index is 12.2. The number of ether oxygens (including phenoxy) is 1. The van der Waals surface area contributed by atoms with Crippen LogP contribution in [0.25, 0.3) is 10.8 Å². The van der Waals surface area contributed by atoms with E-state index < -0.39 is 82.3 Å². The Kier molecular flexibility index (Phi) is 9.51. The van der Waals surface area contributed by atoms with Crippen molar-refractivity contribution in [2.75, 3.05) is 7.11 Å². The Morgan fingerprint density at radius 2 is 1.26 bits per heavy atom. The molecular formula is C24H21N5O14S4. The third-order valence-electron chi connectivity index (χ3n) is 6.17. The maximum atomic E-state index is 12.2. The van der Waals surface area contributed by atoms with Crippen LogP contribution in [0.4, 0.5) is 22.7 Å². The summed E-state index contributed by atoms with van der Waals surface area (Å²) in [5, 5.41) is 24.6. The molecule has 0 atom stereocenters. The Bertz CT molecular complexity index is 2450. The SMILES string of the molecule is COc1cc(N=Nc2ccc(CN)cc2S(=O)(=O)O)ccc1N=Nc1c(S(=O)(=O)O)cc2cc(S(=O)(=O)O)cc(S(=O)(=O)O)c2c1O. The average Bonchev–Trinajstić information content (AvgIpc) is 2.97. The van der Waals surface area contributed by atoms with E-state index >= 15 is 0 Å². The van der Waals surface area contributed by atoms with E-state index in [2.05, 4.69) is 20.5 Å². The first-order valence-electron chi connectivity index (χ1n) is 12.2. The van der Waals surface area contributed by atoms with E-state index in [1.165, 1.54) is 37.4 Å². The highest BCUT2D eigenvalue weighted by Crippen LogP contribution is 2.45. The van der Waals surface area contributed by atoms with Gasteiger partial charge in [0.05, 0.1) is 17.7 Å². The van der Waals surface area contributed by atoms with E-state index in [1.807, 2.05) is 0 Å². The molecule has 7 N–H and O–H groups in total. The summed E-state index contributed by atoms with van der Waals surface area (Å²) in [4.78, 5) is -4.10. The summed E-state index contributed by atoms with van der Waals surface area (Å²) >= 11 is 0. The van der Waals surface area contributed by atoms with Gasteiger partial charge < -0.3 is 15.6 Å². The third-order valence-corrected chi connectivity index (χ3v) is 9.63. The first-order chi connectivity index (χ1) is 21.6. The summed E-state index contributed by atoms with van der Waals surface area (Å²) in [5.74, 6) is -1.39. The standard InChI is InChI=1S/C24H21N5O14S4/c1-43-18-9-14(26-28-17-4-2-12(11-25)6-19(17)45(34,35)36)3-5-16(18)27-29-23-21(47(40,41)42)8-13-7-15(44(31,32)33)10-20(46(37,38)39)22(13)24(23)30/h2-10,30H,11,25H2,1H3,(H,31,32,33)(H,34,35,36)(H,37,38,39)(H,40,41,42). The molecule has 19 nitrogen and oxygen atoms in total. The molecule has 0 unspecified atom stereocenters. The number of nitrogens with zero attached hydrogens (tertiary/aromatic N) is 4. The number of fused-ring (bicyclic) bond motifs is 1. The summed E-state index contributed by atoms with van der Waals surface area (Å²) < 4.78 is 139. The maximum Gasteiger partial charge on any atom is 0.296 e. The predicted molar refractivity (Wildman–Crippen MR) is 161 cm³/mol. The lowest BCUT2D eigenvalue weighted by Gasteiger charge is -2.13. The van der Waals surface area contributed by atoms with Gasteiger partial charge in [-0.2, -0.15) is 38.8 Å². The molecule has 0 saturated heterocycles. The largest absolute Gasteiger partial charge is 0.505 e. The fourth-order valence-corrected chi connectivity index (χ4v) is 6.77. The molecule has 4 aromatic rings. The first-order valence-corrected chi connectivity index (χ1v) is 18.0. The Hall–Kier alpha value is -4.46. The van der Waals surface area contributed by atoms with Crippen LogP contribution in [0.3, 0.4) is 0 Å². The molecule has 0 aliphatic carbocycles. The minimum atomic E-state index is -5.33. The minimum Gasteiger partial charge on any atom is -0.505 e. The van der Waals surface area contributed by atoms with Crippen LogP contribution < -0.4 is 10.5 Å². The van der Waals surface area contributed by atoms with Crippen molar-refractivity contribution >= 4 is 74.0 Å². The molecule has 0 aliphatic heterocycles. The van der Waals surface area contributed by atoms with Gasteiger partial charge in [0.1, 0.15) is 37.5 Å². The van der Waals surface area contributed by atoms with Crippen molar-refractivity contribution in [2.24, 2.45) is 26.2 Å². The summed E-state index contributed by atoms with van der Waals surface area (Å²) in [7, 11) is -19.3. The van der Waals surface area contributed by atoms with Crippen LogP contribution in [0.15, 0.2) is 94.6 Å². The van der Waals surface area contributed by atoms with Crippen molar-refractivity contribution in [1.82, 2.24) is 0 Å². The molecule has 250 valence electrons. The van der Waals surface area contributed by atoms with Crippen LogP contribution in [0.2, 0.25) is 0 Å². The van der Waals surface area contributed by atoms with Gasteiger partial charge in [-0.15, -0.1) is 15.3 Å². The number of azo groups is 2. The van der Waals surface area contributed by atoms with Crippen molar-refractivity contribution in [3.05, 3.63) is 60.2 Å². The van der Waals surface area contributed by atoms with Crippen molar-refractivity contribution < 1.29 is 61.7 Å². The Morgan fingerprint density at radius 3 is 1.81 bits per heavy atom. The van der Waals surface area contributed by atoms with Crippen molar-refractivity contribution in [1.29, 1.82) is 0 Å². The van der Waals surface area contributed by atoms with Gasteiger partial charge in [-0.3, -0.25) is 18.2 Å². The van der Waals surface area contributed by atoms with Gasteiger partial charge >= 0.3 is 0 Å². The van der Waals surface area contributed by atoms with E-state index in [0.29, 0.717) is 23.8 Å². The molecule has 23 heteroatoms. The molecular weight excluding hydrogens is 711 g/mol. The second kappa shape index (κ2) is 12.6. The molecule has 0 radical (unpaired) electrons. The molecule has 0 spiro atoms. The molecule has 0 saturated carbocycles. The number of phenols is 1. The summed E-state index contributed by atoms with van der Waals surface area (Å²) in [6.07, 6.45) is 0. The van der Waals surface area contributed by atoms with E-state index in [-0.39, 0.29) is 29.4 Å². The number of methoxy groups -OCH3 is 1. The first kappa shape index (κ1) is 35.4. The van der Waals surface area contributed by atoms with Gasteiger partial charge in [0.15, 0.2) is 5.75 Å². The fourth-order valence-electron chi connectivity index (χ4n) is 4.07. The lowest BCUT2D eigenvalue weighted by atomic mass is 10.1. The lowest BCUT2D eigenvalue weighted by Crippen LogP contribution is -2.06. The quantitative estimate of drug-likeness (QED) is 0.0997. The van der Waals surface area contributed by atoms with Crippen LogP contribution >= 0.6 is 0 Å². The van der Waals surface area contributed by atoms with E-state index in [1.54, 1.807) is 0 Å². The van der Waals surface area contributed by atoms with Crippen molar-refractivity contribution in [2.45, 2.75) is 26.1 Å². The highest BCUT2D eigenvalue weighted by molar-refractivity contribution is 7.87. The van der Waals surface area contributed by atoms with Crippen LogP contribution in [-0.2, 0) is 47.0 Å². The zero-order valence-electron chi connectivity index (χ0n) is 23.3. The topological polar surface area (TPSA) is 322 Å². The van der Waals surface area contributed by atoms with Gasteiger partial charge in [-0.25, -0.2) is 0 Å². The van der Waals surface area contributed by atoms with E-state index in [9.17, 15) is 57.0 Å². The van der Waals surface area contributed by atoms with E-state index in [0.717, 1.165) is 6.07 Å². The molecule has 0 heterocycles.